The lowest BCUT2D eigenvalue weighted by atomic mass is 10.2. The van der Waals surface area contributed by atoms with Gasteiger partial charge in [0.1, 0.15) is 11.4 Å². The van der Waals surface area contributed by atoms with Gasteiger partial charge >= 0.3 is 6.09 Å². The third-order valence-corrected chi connectivity index (χ3v) is 2.88. The number of benzene rings is 1. The van der Waals surface area contributed by atoms with Crippen LogP contribution in [0.5, 0.6) is 11.6 Å². The van der Waals surface area contributed by atoms with Gasteiger partial charge in [-0.05, 0) is 51.5 Å². The van der Waals surface area contributed by atoms with Crippen LogP contribution in [-0.4, -0.2) is 16.7 Å². The van der Waals surface area contributed by atoms with E-state index in [0.717, 1.165) is 16.9 Å². The quantitative estimate of drug-likeness (QED) is 0.918. The van der Waals surface area contributed by atoms with Crippen molar-refractivity contribution in [3.63, 3.8) is 0 Å². The molecule has 1 aromatic heterocycles. The number of hydrogen-bond donors (Lipinski definition) is 1. The molecule has 5 nitrogen and oxygen atoms in total. The largest absolute Gasteiger partial charge is 0.444 e. The molecule has 0 bridgehead atoms. The fourth-order valence-corrected chi connectivity index (χ4v) is 1.91. The minimum absolute atomic E-state index is 0.356. The fraction of sp³-hybridized carbons (Fsp3) is 0.333. The van der Waals surface area contributed by atoms with Crippen LogP contribution in [0.15, 0.2) is 42.6 Å². The highest BCUT2D eigenvalue weighted by Crippen LogP contribution is 2.22. The Labute approximate surface area is 136 Å². The van der Waals surface area contributed by atoms with E-state index in [4.69, 9.17) is 9.47 Å². The van der Waals surface area contributed by atoms with E-state index < -0.39 is 11.7 Å². The molecule has 2 rings (SSSR count). The first kappa shape index (κ1) is 16.8. The van der Waals surface area contributed by atoms with Gasteiger partial charge in [-0.25, -0.2) is 9.78 Å². The van der Waals surface area contributed by atoms with Gasteiger partial charge in [0.15, 0.2) is 0 Å². The van der Waals surface area contributed by atoms with Gasteiger partial charge in [0.05, 0.1) is 0 Å². The van der Waals surface area contributed by atoms with Crippen molar-refractivity contribution in [2.24, 2.45) is 0 Å². The highest BCUT2D eigenvalue weighted by atomic mass is 16.6. The molecule has 0 radical (unpaired) electrons. The van der Waals surface area contributed by atoms with Crippen LogP contribution in [0.2, 0.25) is 0 Å². The van der Waals surface area contributed by atoms with Crippen LogP contribution < -0.4 is 10.1 Å². The smallest absolute Gasteiger partial charge is 0.407 e. The third-order valence-electron chi connectivity index (χ3n) is 2.88. The van der Waals surface area contributed by atoms with Crippen LogP contribution in [0.4, 0.5) is 4.79 Å². The number of pyridine rings is 1. The molecule has 1 amide bonds. The number of nitrogens with zero attached hydrogens (tertiary/aromatic N) is 1. The van der Waals surface area contributed by atoms with Crippen molar-refractivity contribution in [3.8, 4) is 11.6 Å². The minimum Gasteiger partial charge on any atom is -0.444 e. The minimum atomic E-state index is -0.508. The van der Waals surface area contributed by atoms with Crippen LogP contribution in [0.1, 0.15) is 31.9 Å². The van der Waals surface area contributed by atoms with E-state index in [1.165, 1.54) is 0 Å². The lowest BCUT2D eigenvalue weighted by Gasteiger charge is -2.19. The maximum atomic E-state index is 11.6. The van der Waals surface area contributed by atoms with Crippen LogP contribution in [0.3, 0.4) is 0 Å². The summed E-state index contributed by atoms with van der Waals surface area (Å²) in [6, 6.07) is 11.4. The van der Waals surface area contributed by atoms with Crippen LogP contribution in [0.25, 0.3) is 0 Å². The van der Waals surface area contributed by atoms with E-state index in [1.807, 2.05) is 64.1 Å². The Kier molecular flexibility index (Phi) is 5.21. The molecule has 0 aliphatic carbocycles. The van der Waals surface area contributed by atoms with Crippen molar-refractivity contribution in [2.45, 2.75) is 39.8 Å². The summed E-state index contributed by atoms with van der Waals surface area (Å²) in [5.41, 5.74) is 1.28. The summed E-state index contributed by atoms with van der Waals surface area (Å²) in [4.78, 5) is 16.0. The van der Waals surface area contributed by atoms with Gasteiger partial charge in [0.25, 0.3) is 0 Å². The van der Waals surface area contributed by atoms with Gasteiger partial charge < -0.3 is 14.8 Å². The van der Waals surface area contributed by atoms with E-state index in [1.54, 1.807) is 6.20 Å². The number of nitrogens with one attached hydrogen (secondary N) is 1. The number of amides is 1. The lowest BCUT2D eigenvalue weighted by Crippen LogP contribution is -2.32. The highest BCUT2D eigenvalue weighted by Gasteiger charge is 2.15. The molecular formula is C18H22N2O3. The van der Waals surface area contributed by atoms with Gasteiger partial charge in [-0.15, -0.1) is 0 Å². The first-order chi connectivity index (χ1) is 10.8. The summed E-state index contributed by atoms with van der Waals surface area (Å²) < 4.78 is 10.9. The second-order valence-electron chi connectivity index (χ2n) is 6.24. The molecule has 122 valence electrons. The molecule has 0 saturated heterocycles. The SMILES string of the molecule is Cc1cc(CNC(=O)OC(C)(C)C)cnc1Oc1ccccc1. The van der Waals surface area contributed by atoms with E-state index in [-0.39, 0.29) is 0 Å². The molecule has 1 aromatic carbocycles. The maximum Gasteiger partial charge on any atom is 0.407 e. The standard InChI is InChI=1S/C18H22N2O3/c1-13-10-14(12-20-17(21)23-18(2,3)4)11-19-16(13)22-15-8-6-5-7-9-15/h5-11H,12H2,1-4H3,(H,20,21). The van der Waals surface area contributed by atoms with E-state index in [9.17, 15) is 4.79 Å². The van der Waals surface area contributed by atoms with Crippen molar-refractivity contribution < 1.29 is 14.3 Å². The molecule has 1 heterocycles. The summed E-state index contributed by atoms with van der Waals surface area (Å²) in [6.07, 6.45) is 1.24. The zero-order valence-corrected chi connectivity index (χ0v) is 13.9. The number of aromatic nitrogens is 1. The third kappa shape index (κ3) is 5.62. The summed E-state index contributed by atoms with van der Waals surface area (Å²) >= 11 is 0. The van der Waals surface area contributed by atoms with Crippen molar-refractivity contribution in [3.05, 3.63) is 53.7 Å². The Morgan fingerprint density at radius 3 is 2.52 bits per heavy atom. The predicted octanol–water partition coefficient (Wildman–Crippen LogP) is 4.21. The Morgan fingerprint density at radius 1 is 1.22 bits per heavy atom. The van der Waals surface area contributed by atoms with Crippen LogP contribution in [0, 0.1) is 6.92 Å². The molecule has 1 N–H and O–H groups in total. The highest BCUT2D eigenvalue weighted by molar-refractivity contribution is 5.67. The summed E-state index contributed by atoms with van der Waals surface area (Å²) in [6.45, 7) is 7.76. The van der Waals surface area contributed by atoms with E-state index in [2.05, 4.69) is 10.3 Å². The zero-order valence-electron chi connectivity index (χ0n) is 13.9. The summed E-state index contributed by atoms with van der Waals surface area (Å²) in [5, 5.41) is 2.71. The number of carbonyl (C=O) groups is 1. The Hall–Kier alpha value is -2.56. The Morgan fingerprint density at radius 2 is 1.91 bits per heavy atom. The Balaban J connectivity index is 1.95. The molecule has 0 saturated carbocycles. The first-order valence-electron chi connectivity index (χ1n) is 7.49. The molecule has 0 spiro atoms. The van der Waals surface area contributed by atoms with Crippen LogP contribution in [-0.2, 0) is 11.3 Å². The maximum absolute atomic E-state index is 11.6. The van der Waals surface area contributed by atoms with Gasteiger partial charge in [-0.2, -0.15) is 0 Å². The normalized spacial score (nSPS) is 11.0. The summed E-state index contributed by atoms with van der Waals surface area (Å²) in [7, 11) is 0. The predicted molar refractivity (Wildman–Crippen MR) is 88.6 cm³/mol. The molecule has 0 aliphatic heterocycles. The molecular weight excluding hydrogens is 292 g/mol. The van der Waals surface area contributed by atoms with Crippen molar-refractivity contribution in [1.82, 2.24) is 10.3 Å². The molecule has 0 aliphatic rings. The van der Waals surface area contributed by atoms with E-state index >= 15 is 0 Å². The number of rotatable bonds is 4. The second-order valence-corrected chi connectivity index (χ2v) is 6.24. The van der Waals surface area contributed by atoms with Crippen molar-refractivity contribution in [1.29, 1.82) is 0 Å². The molecule has 5 heteroatoms. The number of alkyl carbamates (subject to hydrolysis) is 1. The average molecular weight is 314 g/mol. The van der Waals surface area contributed by atoms with Crippen LogP contribution >= 0.6 is 0 Å². The Bertz CT molecular complexity index is 664. The van der Waals surface area contributed by atoms with Gasteiger partial charge in [-0.1, -0.05) is 18.2 Å². The molecule has 0 atom stereocenters. The van der Waals surface area contributed by atoms with E-state index in [0.29, 0.717) is 12.4 Å². The molecule has 0 unspecified atom stereocenters. The van der Waals surface area contributed by atoms with Crippen molar-refractivity contribution >= 4 is 6.09 Å². The lowest BCUT2D eigenvalue weighted by molar-refractivity contribution is 0.0523. The number of ether oxygens (including phenoxy) is 2. The topological polar surface area (TPSA) is 60.5 Å². The van der Waals surface area contributed by atoms with Crippen molar-refractivity contribution in [2.75, 3.05) is 0 Å². The number of para-hydroxylation sites is 1. The number of aryl methyl sites for hydroxylation is 1. The van der Waals surface area contributed by atoms with Gasteiger partial charge in [0.2, 0.25) is 5.88 Å². The summed E-state index contributed by atoms with van der Waals surface area (Å²) in [5.74, 6) is 1.29. The first-order valence-corrected chi connectivity index (χ1v) is 7.49. The monoisotopic (exact) mass is 314 g/mol. The number of carbonyl (C=O) groups excluding carboxylic acids is 1. The fourth-order valence-electron chi connectivity index (χ4n) is 1.91. The average Bonchev–Trinajstić information content (AvgIpc) is 2.47. The molecule has 23 heavy (non-hydrogen) atoms. The zero-order chi connectivity index (χ0) is 16.9. The molecule has 2 aromatic rings. The van der Waals surface area contributed by atoms with Gasteiger partial charge in [0, 0.05) is 18.3 Å². The number of hydrogen-bond acceptors (Lipinski definition) is 4. The second kappa shape index (κ2) is 7.13. The van der Waals surface area contributed by atoms with Gasteiger partial charge in [-0.3, -0.25) is 0 Å². The molecule has 0 fully saturated rings.